The summed E-state index contributed by atoms with van der Waals surface area (Å²) in [6.07, 6.45) is 2.07. The van der Waals surface area contributed by atoms with Gasteiger partial charge in [-0.3, -0.25) is 14.5 Å². The van der Waals surface area contributed by atoms with E-state index in [1.807, 2.05) is 24.3 Å². The highest BCUT2D eigenvalue weighted by Gasteiger charge is 2.26. The van der Waals surface area contributed by atoms with Gasteiger partial charge in [0.2, 0.25) is 11.8 Å². The largest absolute Gasteiger partial charge is 0.506 e. The lowest BCUT2D eigenvalue weighted by Gasteiger charge is -2.30. The lowest BCUT2D eigenvalue weighted by atomic mass is 9.95. The molecule has 0 spiro atoms. The molecule has 160 valence electrons. The van der Waals surface area contributed by atoms with Crippen LogP contribution in [0.1, 0.15) is 18.4 Å². The number of nitrogens with zero attached hydrogens (tertiary/aromatic N) is 1. The Kier molecular flexibility index (Phi) is 7.96. The zero-order valence-electron chi connectivity index (χ0n) is 16.5. The van der Waals surface area contributed by atoms with Crippen molar-refractivity contribution < 1.29 is 14.7 Å². The van der Waals surface area contributed by atoms with Crippen molar-refractivity contribution in [3.8, 4) is 5.75 Å². The fourth-order valence-electron chi connectivity index (χ4n) is 3.45. The number of aromatic hydroxyl groups is 1. The minimum Gasteiger partial charge on any atom is -0.506 e. The van der Waals surface area contributed by atoms with Crippen molar-refractivity contribution in [2.45, 2.75) is 19.3 Å². The summed E-state index contributed by atoms with van der Waals surface area (Å²) in [7, 11) is 0. The Morgan fingerprint density at radius 2 is 1.70 bits per heavy atom. The normalized spacial score (nSPS) is 15.0. The molecule has 1 aliphatic rings. The van der Waals surface area contributed by atoms with Gasteiger partial charge in [-0.15, -0.1) is 0 Å². The van der Waals surface area contributed by atoms with Crippen LogP contribution in [-0.4, -0.2) is 48.0 Å². The van der Waals surface area contributed by atoms with E-state index in [0.29, 0.717) is 54.8 Å². The van der Waals surface area contributed by atoms with Crippen LogP contribution in [0.15, 0.2) is 42.5 Å². The van der Waals surface area contributed by atoms with Gasteiger partial charge in [0.15, 0.2) is 0 Å². The number of anilines is 1. The summed E-state index contributed by atoms with van der Waals surface area (Å²) >= 11 is 11.8. The molecule has 0 atom stereocenters. The second kappa shape index (κ2) is 10.7. The lowest BCUT2D eigenvalue weighted by Crippen LogP contribution is -2.43. The molecule has 2 aromatic carbocycles. The predicted molar refractivity (Wildman–Crippen MR) is 119 cm³/mol. The Bertz CT molecular complexity index is 882. The molecule has 1 aliphatic heterocycles. The first-order chi connectivity index (χ1) is 14.4. The van der Waals surface area contributed by atoms with Gasteiger partial charge < -0.3 is 15.7 Å². The number of rotatable bonds is 7. The number of phenols is 1. The van der Waals surface area contributed by atoms with Crippen molar-refractivity contribution in [1.29, 1.82) is 0 Å². The van der Waals surface area contributed by atoms with Gasteiger partial charge in [-0.1, -0.05) is 35.3 Å². The topological polar surface area (TPSA) is 81.7 Å². The summed E-state index contributed by atoms with van der Waals surface area (Å²) < 4.78 is 0. The van der Waals surface area contributed by atoms with Gasteiger partial charge in [0.1, 0.15) is 5.75 Å². The highest BCUT2D eigenvalue weighted by molar-refractivity contribution is 6.31. The standard InChI is InChI=1S/C22H25Cl2N3O3/c23-17-3-1-15(2-4-17)7-10-25-21(29)14-27-11-8-16(9-12-27)22(30)26-19-13-18(24)5-6-20(19)28/h1-6,13,16,28H,7-12,14H2,(H,25,29)(H,26,30). The van der Waals surface area contributed by atoms with Crippen molar-refractivity contribution in [1.82, 2.24) is 10.2 Å². The number of piperidine rings is 1. The Hall–Kier alpha value is -2.28. The third-order valence-electron chi connectivity index (χ3n) is 5.19. The summed E-state index contributed by atoms with van der Waals surface area (Å²) in [5.74, 6) is -0.330. The van der Waals surface area contributed by atoms with Gasteiger partial charge in [0.05, 0.1) is 12.2 Å². The average molecular weight is 450 g/mol. The van der Waals surface area contributed by atoms with Crippen LogP contribution in [-0.2, 0) is 16.0 Å². The number of phenolic OH excluding ortho intramolecular Hbond substituents is 1. The number of amides is 2. The number of hydrogen-bond donors (Lipinski definition) is 3. The Morgan fingerprint density at radius 3 is 2.40 bits per heavy atom. The number of carbonyl (C=O) groups is 2. The fraction of sp³-hybridized carbons (Fsp3) is 0.364. The third kappa shape index (κ3) is 6.62. The van der Waals surface area contributed by atoms with Crippen LogP contribution in [0.5, 0.6) is 5.75 Å². The number of likely N-dealkylation sites (tertiary alicyclic amines) is 1. The van der Waals surface area contributed by atoms with E-state index in [4.69, 9.17) is 23.2 Å². The van der Waals surface area contributed by atoms with E-state index >= 15 is 0 Å². The number of nitrogens with one attached hydrogen (secondary N) is 2. The molecule has 30 heavy (non-hydrogen) atoms. The monoisotopic (exact) mass is 449 g/mol. The average Bonchev–Trinajstić information content (AvgIpc) is 2.72. The molecule has 0 unspecified atom stereocenters. The van der Waals surface area contributed by atoms with Crippen LogP contribution in [0.2, 0.25) is 10.0 Å². The highest BCUT2D eigenvalue weighted by atomic mass is 35.5. The van der Waals surface area contributed by atoms with E-state index in [0.717, 1.165) is 12.0 Å². The minimum absolute atomic E-state index is 0.0135. The van der Waals surface area contributed by atoms with E-state index < -0.39 is 0 Å². The van der Waals surface area contributed by atoms with Gasteiger partial charge in [-0.05, 0) is 68.2 Å². The van der Waals surface area contributed by atoms with Crippen molar-refractivity contribution in [2.75, 3.05) is 31.5 Å². The molecule has 1 saturated heterocycles. The Balaban J connectivity index is 1.37. The summed E-state index contributed by atoms with van der Waals surface area (Å²) in [6, 6.07) is 12.1. The molecule has 8 heteroatoms. The molecule has 2 aromatic rings. The zero-order chi connectivity index (χ0) is 21.5. The number of carbonyl (C=O) groups excluding carboxylic acids is 2. The van der Waals surface area contributed by atoms with Crippen LogP contribution in [0.25, 0.3) is 0 Å². The molecule has 0 aromatic heterocycles. The molecular weight excluding hydrogens is 425 g/mol. The zero-order valence-corrected chi connectivity index (χ0v) is 18.0. The maximum absolute atomic E-state index is 12.5. The summed E-state index contributed by atoms with van der Waals surface area (Å²) in [5.41, 5.74) is 1.44. The number of hydrogen-bond acceptors (Lipinski definition) is 4. The molecule has 6 nitrogen and oxygen atoms in total. The summed E-state index contributed by atoms with van der Waals surface area (Å²) in [4.78, 5) is 26.7. The summed E-state index contributed by atoms with van der Waals surface area (Å²) in [6.45, 7) is 2.24. The second-order valence-corrected chi connectivity index (χ2v) is 8.30. The smallest absolute Gasteiger partial charge is 0.234 e. The van der Waals surface area contributed by atoms with Gasteiger partial charge in [-0.2, -0.15) is 0 Å². The molecule has 1 heterocycles. The van der Waals surface area contributed by atoms with Crippen molar-refractivity contribution in [3.05, 3.63) is 58.1 Å². The third-order valence-corrected chi connectivity index (χ3v) is 5.68. The molecular formula is C22H25Cl2N3O3. The Morgan fingerprint density at radius 1 is 1.03 bits per heavy atom. The van der Waals surface area contributed by atoms with E-state index in [2.05, 4.69) is 15.5 Å². The first-order valence-corrected chi connectivity index (χ1v) is 10.7. The molecule has 3 rings (SSSR count). The molecule has 2 amide bonds. The quantitative estimate of drug-likeness (QED) is 0.562. The molecule has 0 bridgehead atoms. The van der Waals surface area contributed by atoms with Gasteiger partial charge in [-0.25, -0.2) is 0 Å². The van der Waals surface area contributed by atoms with E-state index in [-0.39, 0.29) is 23.5 Å². The lowest BCUT2D eigenvalue weighted by molar-refractivity contribution is -0.123. The Labute approximate surface area is 186 Å². The molecule has 0 radical (unpaired) electrons. The van der Waals surface area contributed by atoms with Crippen LogP contribution >= 0.6 is 23.2 Å². The first kappa shape index (κ1) is 22.4. The predicted octanol–water partition coefficient (Wildman–Crippen LogP) is 3.71. The van der Waals surface area contributed by atoms with Gasteiger partial charge in [0.25, 0.3) is 0 Å². The van der Waals surface area contributed by atoms with Crippen molar-refractivity contribution in [3.63, 3.8) is 0 Å². The number of halogens is 2. The fourth-order valence-corrected chi connectivity index (χ4v) is 3.75. The van der Waals surface area contributed by atoms with Crippen molar-refractivity contribution >= 4 is 40.7 Å². The van der Waals surface area contributed by atoms with E-state index in [1.165, 1.54) is 12.1 Å². The second-order valence-electron chi connectivity index (χ2n) is 7.43. The molecule has 0 saturated carbocycles. The maximum atomic E-state index is 12.5. The number of benzene rings is 2. The van der Waals surface area contributed by atoms with E-state index in [1.54, 1.807) is 6.07 Å². The van der Waals surface area contributed by atoms with Crippen LogP contribution in [0, 0.1) is 5.92 Å². The molecule has 0 aliphatic carbocycles. The van der Waals surface area contributed by atoms with Crippen LogP contribution < -0.4 is 10.6 Å². The van der Waals surface area contributed by atoms with E-state index in [9.17, 15) is 14.7 Å². The molecule has 1 fully saturated rings. The molecule has 3 N–H and O–H groups in total. The van der Waals surface area contributed by atoms with Gasteiger partial charge in [0, 0.05) is 22.5 Å². The van der Waals surface area contributed by atoms with Crippen LogP contribution in [0.4, 0.5) is 5.69 Å². The highest BCUT2D eigenvalue weighted by Crippen LogP contribution is 2.28. The first-order valence-electron chi connectivity index (χ1n) is 9.93. The summed E-state index contributed by atoms with van der Waals surface area (Å²) in [5, 5.41) is 16.7. The maximum Gasteiger partial charge on any atom is 0.234 e. The minimum atomic E-state index is -0.160. The SMILES string of the molecule is O=C(CN1CCC(C(=O)Nc2cc(Cl)ccc2O)CC1)NCCc1ccc(Cl)cc1. The van der Waals surface area contributed by atoms with Gasteiger partial charge >= 0.3 is 0 Å². The van der Waals surface area contributed by atoms with Crippen molar-refractivity contribution in [2.24, 2.45) is 5.92 Å². The van der Waals surface area contributed by atoms with Crippen LogP contribution in [0.3, 0.4) is 0 Å².